The van der Waals surface area contributed by atoms with Crippen molar-refractivity contribution >= 4 is 104 Å². The number of carboxylic acids is 2. The first-order valence-corrected chi connectivity index (χ1v) is 31.1. The first-order chi connectivity index (χ1) is 49.3. The maximum atomic E-state index is 15.0. The second-order valence-electron chi connectivity index (χ2n) is 24.8. The van der Waals surface area contributed by atoms with Crippen molar-refractivity contribution in [2.45, 2.75) is 106 Å². The Kier molecular flexibility index (Phi) is 25.0. The van der Waals surface area contributed by atoms with Crippen molar-refractivity contribution in [2.75, 3.05) is 22.9 Å². The number of aryl methyl sites for hydroxylation is 8. The van der Waals surface area contributed by atoms with Crippen LogP contribution in [-0.2, 0) is 10.8 Å². The molecule has 4 heterocycles. The van der Waals surface area contributed by atoms with Crippen LogP contribution < -0.4 is 22.9 Å². The van der Waals surface area contributed by atoms with Gasteiger partial charge in [0, 0.05) is 35.7 Å². The predicted octanol–water partition coefficient (Wildman–Crippen LogP) is 20.3. The SMILES string of the molecule is C.C.Cc1cc(C(=O)O)c(C)cc1C(=O)O.Cc1nc2cc(C(c3ccc4oc(-c5cc(C)c(-c6nc7cc8nc(-c9cc(C)c(C)cc9C)oc8cc7o6)cc5C)nc4c3)(C(F)(F)F)C(F)(F)F)ccc2o1.Cl.Cl.Nc1cc(C(c2ccc(O)c(N)c2)(C(F)(F)F)C(F)(F)F)ccc1O.Nc1cc(N)c(O)cc1O. The Morgan fingerprint density at radius 3 is 0.982 bits per heavy atom. The molecule has 0 saturated heterocycles. The quantitative estimate of drug-likeness (QED) is 0.0278. The van der Waals surface area contributed by atoms with Crippen molar-refractivity contribution in [1.29, 1.82) is 0 Å². The predicted molar refractivity (Wildman–Crippen MR) is 395 cm³/mol. The number of nitrogens with zero attached hydrogens (tertiary/aromatic N) is 4. The molecule has 0 bridgehead atoms. The number of phenols is 4. The maximum absolute atomic E-state index is 15.0. The third-order valence-electron chi connectivity index (χ3n) is 17.6. The minimum absolute atomic E-state index is 0. The summed E-state index contributed by atoms with van der Waals surface area (Å²) in [5, 5.41) is 54.0. The van der Waals surface area contributed by atoms with E-state index >= 15 is 26.3 Å². The van der Waals surface area contributed by atoms with E-state index in [-0.39, 0.29) is 108 Å². The third-order valence-corrected chi connectivity index (χ3v) is 17.6. The van der Waals surface area contributed by atoms with E-state index < -0.39 is 92.6 Å². The first-order valence-electron chi connectivity index (χ1n) is 31.1. The highest BCUT2D eigenvalue weighted by atomic mass is 35.5. The molecule has 13 rings (SSSR count). The molecule has 14 N–H and O–H groups in total. The summed E-state index contributed by atoms with van der Waals surface area (Å²) in [6.45, 7) is 14.3. The smallest absolute Gasteiger partial charge is 0.411 e. The van der Waals surface area contributed by atoms with Crippen LogP contribution >= 0.6 is 24.8 Å². The Hall–Kier alpha value is -12.1. The monoisotopic (exact) mass is 1580 g/mol. The molecule has 584 valence electrons. The number of aromatic nitrogens is 4. The largest absolute Gasteiger partial charge is 0.506 e. The molecule has 9 aromatic carbocycles. The Bertz CT molecular complexity index is 5430. The number of halogens is 14. The van der Waals surface area contributed by atoms with E-state index in [9.17, 15) is 46.1 Å². The van der Waals surface area contributed by atoms with E-state index in [0.717, 1.165) is 59.2 Å². The second-order valence-corrected chi connectivity index (χ2v) is 24.8. The van der Waals surface area contributed by atoms with Crippen molar-refractivity contribution in [1.82, 2.24) is 19.9 Å². The van der Waals surface area contributed by atoms with Crippen molar-refractivity contribution < 1.29 is 111 Å². The van der Waals surface area contributed by atoms with Crippen LogP contribution in [0.3, 0.4) is 0 Å². The number of carboxylic acid groups (broad SMARTS) is 2. The molecule has 0 fully saturated rings. The molecule has 0 amide bonds. The van der Waals surface area contributed by atoms with Gasteiger partial charge in [-0.1, -0.05) is 45.2 Å². The summed E-state index contributed by atoms with van der Waals surface area (Å²) in [6.07, 6.45) is -23.3. The number of hydrogen-bond acceptors (Lipinski definition) is 18. The van der Waals surface area contributed by atoms with Gasteiger partial charge in [-0.05, 0) is 201 Å². The van der Waals surface area contributed by atoms with Gasteiger partial charge in [0.2, 0.25) is 28.5 Å². The van der Waals surface area contributed by atoms with Crippen LogP contribution in [0.1, 0.15) is 103 Å². The summed E-state index contributed by atoms with van der Waals surface area (Å²) in [4.78, 5) is 39.2. The number of hydrogen-bond donors (Lipinski definition) is 10. The zero-order valence-corrected chi connectivity index (χ0v) is 58.9. The number of nitrogen functional groups attached to an aromatic ring is 4. The number of fused-ring (bicyclic) bond motifs is 4. The van der Waals surface area contributed by atoms with Crippen molar-refractivity contribution in [2.24, 2.45) is 0 Å². The fourth-order valence-electron chi connectivity index (χ4n) is 12.0. The van der Waals surface area contributed by atoms with Gasteiger partial charge < -0.3 is 71.2 Å². The number of benzene rings is 9. The van der Waals surface area contributed by atoms with E-state index in [4.69, 9.17) is 71.0 Å². The highest BCUT2D eigenvalue weighted by Gasteiger charge is 2.74. The zero-order valence-electron chi connectivity index (χ0n) is 57.3. The van der Waals surface area contributed by atoms with Crippen LogP contribution in [-0.4, -0.2) is 87.2 Å². The molecular weight excluding hydrogens is 1520 g/mol. The number of phenolic OH excluding ortho intramolecular Hbond substituents is 4. The summed E-state index contributed by atoms with van der Waals surface area (Å²) in [6, 6.07) is 24.6. The lowest BCUT2D eigenvalue weighted by atomic mass is 9.72. The van der Waals surface area contributed by atoms with Crippen LogP contribution in [0.15, 0.2) is 151 Å². The molecule has 0 unspecified atom stereocenters. The third kappa shape index (κ3) is 16.1. The molecule has 0 saturated carbocycles. The summed E-state index contributed by atoms with van der Waals surface area (Å²) in [5.41, 5.74) is 16.5. The molecule has 0 atom stereocenters. The fraction of sp³-hybridized carbons (Fsp3) is 0.211. The Morgan fingerprint density at radius 2 is 0.627 bits per heavy atom. The molecule has 110 heavy (non-hydrogen) atoms. The van der Waals surface area contributed by atoms with Gasteiger partial charge in [0.05, 0.1) is 33.9 Å². The van der Waals surface area contributed by atoms with Gasteiger partial charge in [-0.15, -0.1) is 24.8 Å². The van der Waals surface area contributed by atoms with Gasteiger partial charge in [-0.3, -0.25) is 0 Å². The zero-order chi connectivity index (χ0) is 78.2. The average molecular weight is 1590 g/mol. The van der Waals surface area contributed by atoms with Gasteiger partial charge in [0.15, 0.2) is 28.2 Å². The number of anilines is 4. The molecule has 0 aliphatic heterocycles. The van der Waals surface area contributed by atoms with E-state index in [1.807, 2.05) is 20.8 Å². The second kappa shape index (κ2) is 31.6. The van der Waals surface area contributed by atoms with Crippen LogP contribution in [0.5, 0.6) is 23.0 Å². The molecule has 20 nitrogen and oxygen atoms in total. The summed E-state index contributed by atoms with van der Waals surface area (Å²) in [7, 11) is 0. The topological polar surface area (TPSA) is 364 Å². The van der Waals surface area contributed by atoms with Gasteiger partial charge in [-0.2, -0.15) is 52.7 Å². The standard InChI is InChI=1S/C43H30F6N4O4.C15H12F6N2O2.C10H10O4.C6H8N2O2.2CH4.2ClH/c1-19-11-21(3)27(12-20(19)2)39-52-32-17-33-37(18-36(32)56-39)57-40(53-33)29-14-22(4)28(13-23(29)5)38-51-31-16-26(8-10-35(31)55-38)41(42(44,45)46,43(47,48)49)25-7-9-34-30(15-25)50-24(6)54-34;16-14(17,18)13(15(19,20)21,7-1-3-11(24)9(22)5-7)8-2-4-12(25)10(23)6-8;1-5-3-8(10(13)14)6(2)4-7(5)9(11)12;7-3-1-4(8)6(10)2-5(3)9;;;;/h7-18H,1-6H3;1-6,24-25H,22-23H2;3-4H,1-2H3,(H,11,12)(H,13,14);1-2,9-10H,7-8H2;2*1H4;2*1H. The highest BCUT2D eigenvalue weighted by Crippen LogP contribution is 2.59. The van der Waals surface area contributed by atoms with Crippen molar-refractivity contribution in [3.63, 3.8) is 0 Å². The number of carbonyl (C=O) groups is 2. The van der Waals surface area contributed by atoms with Gasteiger partial charge in [0.25, 0.3) is 0 Å². The number of aromatic carboxylic acids is 2. The lowest BCUT2D eigenvalue weighted by Gasteiger charge is -2.38. The number of rotatable bonds is 9. The molecular formula is C76H70Cl2F12N8O12. The molecule has 0 aliphatic carbocycles. The molecule has 0 spiro atoms. The molecule has 0 aliphatic rings. The molecule has 4 aromatic heterocycles. The number of aromatic hydroxyl groups is 4. The Labute approximate surface area is 629 Å². The van der Waals surface area contributed by atoms with Crippen LogP contribution in [0.2, 0.25) is 0 Å². The minimum Gasteiger partial charge on any atom is -0.506 e. The van der Waals surface area contributed by atoms with Crippen LogP contribution in [0.4, 0.5) is 75.4 Å². The fourth-order valence-corrected chi connectivity index (χ4v) is 12.0. The van der Waals surface area contributed by atoms with E-state index in [0.29, 0.717) is 104 Å². The number of alkyl halides is 12. The minimum atomic E-state index is -5.82. The first kappa shape index (κ1) is 86.9. The summed E-state index contributed by atoms with van der Waals surface area (Å²) < 4.78 is 196. The molecule has 13 aromatic rings. The lowest BCUT2D eigenvalue weighted by molar-refractivity contribution is -0.290. The summed E-state index contributed by atoms with van der Waals surface area (Å²) >= 11 is 0. The van der Waals surface area contributed by atoms with Gasteiger partial charge >= 0.3 is 36.6 Å². The number of nitrogens with two attached hydrogens (primary N) is 4. The van der Waals surface area contributed by atoms with Crippen molar-refractivity contribution in [3.05, 3.63) is 212 Å². The van der Waals surface area contributed by atoms with E-state index in [1.165, 1.54) is 30.7 Å². The number of oxazole rings is 4. The Morgan fingerprint density at radius 1 is 0.327 bits per heavy atom. The van der Waals surface area contributed by atoms with Gasteiger partial charge in [-0.25, -0.2) is 29.5 Å². The highest BCUT2D eigenvalue weighted by molar-refractivity contribution is 5.95. The van der Waals surface area contributed by atoms with Gasteiger partial charge in [0.1, 0.15) is 45.1 Å². The normalized spacial score (nSPS) is 11.8. The van der Waals surface area contributed by atoms with Crippen LogP contribution in [0, 0.1) is 55.4 Å². The molecule has 0 radical (unpaired) electrons. The Balaban J connectivity index is 0.000000292. The average Bonchev–Trinajstić information content (AvgIpc) is 0.837. The van der Waals surface area contributed by atoms with Crippen molar-refractivity contribution in [3.8, 4) is 57.4 Å². The lowest BCUT2D eigenvalue weighted by Crippen LogP contribution is -2.54. The summed E-state index contributed by atoms with van der Waals surface area (Å²) in [5.74, 6) is -2.79. The molecule has 34 heteroatoms. The van der Waals surface area contributed by atoms with E-state index in [1.54, 1.807) is 45.0 Å². The van der Waals surface area contributed by atoms with E-state index in [2.05, 4.69) is 29.0 Å². The van der Waals surface area contributed by atoms with Crippen LogP contribution in [0.25, 0.3) is 78.8 Å². The maximum Gasteiger partial charge on any atom is 0.411 e.